The number of phenols is 2. The highest BCUT2D eigenvalue weighted by molar-refractivity contribution is 5.63. The number of methoxy groups -OCH3 is 1. The Hall–Kier alpha value is -1.71. The summed E-state index contributed by atoms with van der Waals surface area (Å²) >= 11 is 0. The Balaban J connectivity index is 3.20. The number of aldehydes is 1. The predicted octanol–water partition coefficient (Wildman–Crippen LogP) is 0.848. The van der Waals surface area contributed by atoms with Gasteiger partial charge in [-0.25, -0.2) is 0 Å². The van der Waals surface area contributed by atoms with Crippen LogP contribution in [0, 0.1) is 0 Å². The van der Waals surface area contributed by atoms with Gasteiger partial charge in [0.15, 0.2) is 11.5 Å². The van der Waals surface area contributed by atoms with Gasteiger partial charge in [0.05, 0.1) is 7.11 Å². The highest BCUT2D eigenvalue weighted by Crippen LogP contribution is 2.35. The maximum Gasteiger partial charge on any atom is 0.165 e. The lowest BCUT2D eigenvalue weighted by Gasteiger charge is -2.08. The molecule has 0 spiro atoms. The van der Waals surface area contributed by atoms with Crippen LogP contribution in [0.1, 0.15) is 5.56 Å². The second-order valence-corrected chi connectivity index (χ2v) is 2.48. The van der Waals surface area contributed by atoms with E-state index in [2.05, 4.69) is 0 Å². The first kappa shape index (κ1) is 9.38. The molecule has 0 aliphatic carbocycles. The first-order chi connectivity index (χ1) is 6.20. The number of hydrogen-bond donors (Lipinski definition) is 2. The van der Waals surface area contributed by atoms with Gasteiger partial charge < -0.3 is 19.7 Å². The van der Waals surface area contributed by atoms with E-state index in [0.29, 0.717) is 6.29 Å². The molecule has 1 aromatic rings. The molecule has 0 aliphatic heterocycles. The van der Waals surface area contributed by atoms with Crippen LogP contribution in [-0.4, -0.2) is 23.6 Å². The van der Waals surface area contributed by atoms with E-state index in [0.717, 1.165) is 0 Å². The fourth-order valence-corrected chi connectivity index (χ4v) is 1.05. The molecule has 0 fully saturated rings. The van der Waals surface area contributed by atoms with Gasteiger partial charge in [0.2, 0.25) is 0 Å². The summed E-state index contributed by atoms with van der Waals surface area (Å²) in [6, 6.07) is 2.80. The van der Waals surface area contributed by atoms with E-state index in [1.165, 1.54) is 19.2 Å². The zero-order valence-corrected chi connectivity index (χ0v) is 7.15. The number of rotatable bonds is 3. The number of hydrogen-bond acceptors (Lipinski definition) is 4. The molecule has 0 amide bonds. The standard InChI is InChI=1S/C9H10O4/c1-13-8-3-2-7(11)6(4-5-10)9(8)12/h2-3,5,11-12H,4H2,1H3. The van der Waals surface area contributed by atoms with Crippen LogP contribution in [0.5, 0.6) is 17.2 Å². The highest BCUT2D eigenvalue weighted by Gasteiger charge is 2.11. The summed E-state index contributed by atoms with van der Waals surface area (Å²) in [5.41, 5.74) is 0.189. The van der Waals surface area contributed by atoms with Gasteiger partial charge in [-0.05, 0) is 12.1 Å². The first-order valence-corrected chi connectivity index (χ1v) is 3.72. The van der Waals surface area contributed by atoms with Crippen LogP contribution in [-0.2, 0) is 11.2 Å². The summed E-state index contributed by atoms with van der Waals surface area (Å²) in [7, 11) is 1.40. The maximum absolute atomic E-state index is 10.2. The van der Waals surface area contributed by atoms with Crippen molar-refractivity contribution < 1.29 is 19.7 Å². The van der Waals surface area contributed by atoms with Gasteiger partial charge in [-0.15, -0.1) is 0 Å². The molecule has 0 saturated heterocycles. The topological polar surface area (TPSA) is 66.8 Å². The average Bonchev–Trinajstić information content (AvgIpc) is 2.12. The van der Waals surface area contributed by atoms with Gasteiger partial charge in [-0.3, -0.25) is 0 Å². The smallest absolute Gasteiger partial charge is 0.165 e. The van der Waals surface area contributed by atoms with Crippen LogP contribution in [0.15, 0.2) is 12.1 Å². The molecule has 0 heterocycles. The zero-order valence-electron chi connectivity index (χ0n) is 7.15. The Morgan fingerprint density at radius 1 is 1.46 bits per heavy atom. The van der Waals surface area contributed by atoms with Crippen molar-refractivity contribution in [2.45, 2.75) is 6.42 Å². The monoisotopic (exact) mass is 182 g/mol. The average molecular weight is 182 g/mol. The number of phenolic OH excluding ortho intramolecular Hbond substituents is 2. The minimum atomic E-state index is -0.186. The summed E-state index contributed by atoms with van der Waals surface area (Å²) in [5.74, 6) is -0.0466. The molecule has 1 aromatic carbocycles. The molecule has 13 heavy (non-hydrogen) atoms. The largest absolute Gasteiger partial charge is 0.508 e. The van der Waals surface area contributed by atoms with Gasteiger partial charge >= 0.3 is 0 Å². The van der Waals surface area contributed by atoms with E-state index >= 15 is 0 Å². The Morgan fingerprint density at radius 2 is 2.15 bits per heavy atom. The van der Waals surface area contributed by atoms with Crippen LogP contribution < -0.4 is 4.74 Å². The number of carbonyl (C=O) groups excluding carboxylic acids is 1. The SMILES string of the molecule is COc1ccc(O)c(CC=O)c1O. The van der Waals surface area contributed by atoms with Gasteiger partial charge in [-0.1, -0.05) is 0 Å². The molecular formula is C9H10O4. The van der Waals surface area contributed by atoms with Crippen molar-refractivity contribution in [3.8, 4) is 17.2 Å². The van der Waals surface area contributed by atoms with E-state index < -0.39 is 0 Å². The summed E-state index contributed by atoms with van der Waals surface area (Å²) in [5, 5.41) is 18.7. The zero-order chi connectivity index (χ0) is 9.84. The van der Waals surface area contributed by atoms with Crippen molar-refractivity contribution >= 4 is 6.29 Å². The number of carbonyl (C=O) groups is 1. The second-order valence-electron chi connectivity index (χ2n) is 2.48. The van der Waals surface area contributed by atoms with E-state index in [9.17, 15) is 15.0 Å². The molecule has 0 unspecified atom stereocenters. The highest BCUT2D eigenvalue weighted by atomic mass is 16.5. The lowest BCUT2D eigenvalue weighted by atomic mass is 10.1. The quantitative estimate of drug-likeness (QED) is 0.680. The lowest BCUT2D eigenvalue weighted by molar-refractivity contribution is -0.107. The first-order valence-electron chi connectivity index (χ1n) is 3.72. The van der Waals surface area contributed by atoms with Gasteiger partial charge in [0.25, 0.3) is 0 Å². The summed E-state index contributed by atoms with van der Waals surface area (Å²) in [4.78, 5) is 10.2. The van der Waals surface area contributed by atoms with Gasteiger partial charge in [-0.2, -0.15) is 0 Å². The second kappa shape index (κ2) is 3.80. The van der Waals surface area contributed by atoms with Crippen molar-refractivity contribution in [2.75, 3.05) is 7.11 Å². The van der Waals surface area contributed by atoms with Crippen LogP contribution in [0.4, 0.5) is 0 Å². The fraction of sp³-hybridized carbons (Fsp3) is 0.222. The van der Waals surface area contributed by atoms with E-state index in [1.54, 1.807) is 0 Å². The minimum absolute atomic E-state index is 0.0329. The molecule has 0 saturated carbocycles. The van der Waals surface area contributed by atoms with Crippen LogP contribution in [0.25, 0.3) is 0 Å². The Kier molecular flexibility index (Phi) is 2.74. The van der Waals surface area contributed by atoms with Crippen molar-refractivity contribution in [1.29, 1.82) is 0 Å². The summed E-state index contributed by atoms with van der Waals surface area (Å²) in [6.45, 7) is 0. The Labute approximate surface area is 75.4 Å². The summed E-state index contributed by atoms with van der Waals surface area (Å²) in [6.07, 6.45) is 0.572. The van der Waals surface area contributed by atoms with Gasteiger partial charge in [0.1, 0.15) is 12.0 Å². The number of benzene rings is 1. The predicted molar refractivity (Wildman–Crippen MR) is 46.1 cm³/mol. The summed E-state index contributed by atoms with van der Waals surface area (Å²) < 4.78 is 4.81. The van der Waals surface area contributed by atoms with Gasteiger partial charge in [0, 0.05) is 12.0 Å². The lowest BCUT2D eigenvalue weighted by Crippen LogP contribution is -1.91. The molecule has 70 valence electrons. The Bertz CT molecular complexity index is 320. The van der Waals surface area contributed by atoms with Crippen molar-refractivity contribution in [1.82, 2.24) is 0 Å². The molecule has 0 aromatic heterocycles. The van der Waals surface area contributed by atoms with Crippen molar-refractivity contribution in [3.63, 3.8) is 0 Å². The van der Waals surface area contributed by atoms with Crippen molar-refractivity contribution in [3.05, 3.63) is 17.7 Å². The Morgan fingerprint density at radius 3 is 2.69 bits per heavy atom. The molecule has 4 nitrogen and oxygen atoms in total. The van der Waals surface area contributed by atoms with E-state index in [-0.39, 0.29) is 29.2 Å². The van der Waals surface area contributed by atoms with Crippen LogP contribution in [0.2, 0.25) is 0 Å². The molecule has 0 bridgehead atoms. The number of ether oxygens (including phenoxy) is 1. The molecule has 0 aliphatic rings. The third-order valence-corrected chi connectivity index (χ3v) is 1.73. The third-order valence-electron chi connectivity index (χ3n) is 1.73. The molecule has 4 heteroatoms. The van der Waals surface area contributed by atoms with E-state index in [4.69, 9.17) is 4.74 Å². The normalized spacial score (nSPS) is 9.62. The third kappa shape index (κ3) is 1.72. The van der Waals surface area contributed by atoms with Crippen LogP contribution >= 0.6 is 0 Å². The minimum Gasteiger partial charge on any atom is -0.508 e. The molecule has 1 rings (SSSR count). The fourth-order valence-electron chi connectivity index (χ4n) is 1.05. The molecule has 0 radical (unpaired) electrons. The van der Waals surface area contributed by atoms with Crippen molar-refractivity contribution in [2.24, 2.45) is 0 Å². The molecular weight excluding hydrogens is 172 g/mol. The van der Waals surface area contributed by atoms with E-state index in [1.807, 2.05) is 0 Å². The van der Waals surface area contributed by atoms with Crippen LogP contribution in [0.3, 0.4) is 0 Å². The number of aromatic hydroxyl groups is 2. The molecule has 2 N–H and O–H groups in total. The maximum atomic E-state index is 10.2. The molecule has 0 atom stereocenters.